The van der Waals surface area contributed by atoms with Crippen LogP contribution in [0, 0.1) is 0 Å². The van der Waals surface area contributed by atoms with Crippen molar-refractivity contribution in [3.8, 4) is 16.9 Å². The first-order valence-corrected chi connectivity index (χ1v) is 11.2. The van der Waals surface area contributed by atoms with Crippen molar-refractivity contribution in [1.82, 2.24) is 30.2 Å². The molecule has 0 saturated carbocycles. The molecule has 1 aliphatic rings. The van der Waals surface area contributed by atoms with Gasteiger partial charge in [0.1, 0.15) is 11.6 Å². The van der Waals surface area contributed by atoms with Crippen LogP contribution in [0.15, 0.2) is 55.0 Å². The van der Waals surface area contributed by atoms with Crippen LogP contribution in [-0.2, 0) is 6.54 Å². The van der Waals surface area contributed by atoms with Gasteiger partial charge in [0.25, 0.3) is 0 Å². The number of alkyl halides is 3. The molecule has 0 aliphatic carbocycles. The Balaban J connectivity index is 1.33. The molecule has 0 spiro atoms. The van der Waals surface area contributed by atoms with E-state index in [1.54, 1.807) is 24.4 Å². The molecular formula is C24H24F3N7O. The summed E-state index contributed by atoms with van der Waals surface area (Å²) in [5.74, 6) is 1.26. The molecule has 11 heteroatoms. The fraction of sp³-hybridized carbons (Fsp3) is 0.292. The summed E-state index contributed by atoms with van der Waals surface area (Å²) in [7, 11) is 0. The lowest BCUT2D eigenvalue weighted by Crippen LogP contribution is -2.42. The molecule has 8 nitrogen and oxygen atoms in total. The summed E-state index contributed by atoms with van der Waals surface area (Å²) < 4.78 is 42.9. The second-order valence-corrected chi connectivity index (χ2v) is 8.29. The quantitative estimate of drug-likeness (QED) is 0.364. The van der Waals surface area contributed by atoms with Crippen LogP contribution >= 0.6 is 0 Å². The van der Waals surface area contributed by atoms with Crippen molar-refractivity contribution in [2.45, 2.75) is 12.7 Å². The molecular weight excluding hydrogens is 459 g/mol. The molecule has 0 unspecified atom stereocenters. The van der Waals surface area contributed by atoms with Crippen molar-refractivity contribution >= 4 is 22.8 Å². The lowest BCUT2D eigenvalue weighted by Gasteiger charge is -2.27. The lowest BCUT2D eigenvalue weighted by molar-refractivity contribution is -0.153. The zero-order valence-corrected chi connectivity index (χ0v) is 18.8. The summed E-state index contributed by atoms with van der Waals surface area (Å²) in [6.07, 6.45) is 0.132. The van der Waals surface area contributed by atoms with Crippen molar-refractivity contribution in [1.29, 1.82) is 0 Å². The standard InChI is InChI=1S/C24H24F3N7O/c25-24(26,27)15-35-21-13-29-5-4-18(21)17-1-2-19-20(12-17)32-23(31-19)33-22-11-16(3-6-30-22)14-34-9-7-28-8-10-34/h1-6,11-13,28H,7-10,14-15H2,(H2,30,31,32,33). The van der Waals surface area contributed by atoms with Crippen LogP contribution in [0.1, 0.15) is 5.56 Å². The number of aromatic nitrogens is 4. The van der Waals surface area contributed by atoms with Gasteiger partial charge in [-0.15, -0.1) is 0 Å². The number of anilines is 2. The third-order valence-corrected chi connectivity index (χ3v) is 5.66. The fourth-order valence-corrected chi connectivity index (χ4v) is 4.02. The highest BCUT2D eigenvalue weighted by Crippen LogP contribution is 2.32. The third-order valence-electron chi connectivity index (χ3n) is 5.66. The number of H-pyrrole nitrogens is 1. The maximum absolute atomic E-state index is 12.6. The van der Waals surface area contributed by atoms with E-state index in [1.165, 1.54) is 12.4 Å². The van der Waals surface area contributed by atoms with Gasteiger partial charge in [-0.2, -0.15) is 13.2 Å². The minimum absolute atomic E-state index is 0.0625. The molecule has 0 bridgehead atoms. The van der Waals surface area contributed by atoms with Gasteiger partial charge in [-0.25, -0.2) is 9.97 Å². The van der Waals surface area contributed by atoms with Gasteiger partial charge in [0, 0.05) is 50.7 Å². The van der Waals surface area contributed by atoms with Crippen LogP contribution in [0.3, 0.4) is 0 Å². The van der Waals surface area contributed by atoms with Gasteiger partial charge in [-0.3, -0.25) is 9.88 Å². The highest BCUT2D eigenvalue weighted by molar-refractivity contribution is 5.85. The first kappa shape index (κ1) is 23.1. The van der Waals surface area contributed by atoms with Gasteiger partial charge in [0.2, 0.25) is 5.95 Å². The normalized spacial score (nSPS) is 14.8. The van der Waals surface area contributed by atoms with Gasteiger partial charge >= 0.3 is 6.18 Å². The molecule has 1 saturated heterocycles. The monoisotopic (exact) mass is 483 g/mol. The number of aromatic amines is 1. The summed E-state index contributed by atoms with van der Waals surface area (Å²) in [6.45, 7) is 3.48. The maximum atomic E-state index is 12.6. The Morgan fingerprint density at radius 3 is 2.74 bits per heavy atom. The van der Waals surface area contributed by atoms with Crippen LogP contribution < -0.4 is 15.4 Å². The van der Waals surface area contributed by atoms with Gasteiger partial charge in [-0.05, 0) is 41.5 Å². The number of halogens is 3. The smallest absolute Gasteiger partial charge is 0.422 e. The molecule has 0 amide bonds. The van der Waals surface area contributed by atoms with Crippen molar-refractivity contribution in [3.63, 3.8) is 0 Å². The Kier molecular flexibility index (Phi) is 6.51. The van der Waals surface area contributed by atoms with Gasteiger partial charge < -0.3 is 20.4 Å². The predicted molar refractivity (Wildman–Crippen MR) is 127 cm³/mol. The number of piperazine rings is 1. The molecule has 5 rings (SSSR count). The van der Waals surface area contributed by atoms with Gasteiger partial charge in [0.05, 0.1) is 17.2 Å². The molecule has 0 atom stereocenters. The first-order chi connectivity index (χ1) is 16.9. The van der Waals surface area contributed by atoms with Crippen LogP contribution in [0.2, 0.25) is 0 Å². The molecule has 1 aromatic carbocycles. The summed E-state index contributed by atoms with van der Waals surface area (Å²) in [5, 5.41) is 6.56. The Hall–Kier alpha value is -3.70. The largest absolute Gasteiger partial charge is 0.482 e. The molecule has 35 heavy (non-hydrogen) atoms. The summed E-state index contributed by atoms with van der Waals surface area (Å²) in [6, 6.07) is 11.0. The molecule has 4 heterocycles. The summed E-state index contributed by atoms with van der Waals surface area (Å²) in [4.78, 5) is 18.5. The third kappa shape index (κ3) is 5.87. The number of pyridine rings is 2. The van der Waals surface area contributed by atoms with E-state index in [2.05, 4.69) is 35.5 Å². The molecule has 182 valence electrons. The van der Waals surface area contributed by atoms with Crippen molar-refractivity contribution in [2.75, 3.05) is 38.1 Å². The number of imidazole rings is 1. The van der Waals surface area contributed by atoms with E-state index in [9.17, 15) is 13.2 Å². The summed E-state index contributed by atoms with van der Waals surface area (Å²) >= 11 is 0. The minimum Gasteiger partial charge on any atom is -0.482 e. The van der Waals surface area contributed by atoms with E-state index in [0.717, 1.165) is 43.8 Å². The number of rotatable bonds is 7. The van der Waals surface area contributed by atoms with E-state index in [4.69, 9.17) is 4.74 Å². The first-order valence-electron chi connectivity index (χ1n) is 11.2. The fourth-order valence-electron chi connectivity index (χ4n) is 4.02. The second kappa shape index (κ2) is 9.88. The SMILES string of the molecule is FC(F)(F)COc1cnccc1-c1ccc2nc(Nc3cc(CN4CCNCC4)ccn3)[nH]c2c1. The molecule has 0 radical (unpaired) electrons. The zero-order chi connectivity index (χ0) is 24.3. The van der Waals surface area contributed by atoms with Crippen molar-refractivity contribution in [2.24, 2.45) is 0 Å². The molecule has 4 aromatic rings. The number of hydrogen-bond donors (Lipinski definition) is 3. The highest BCUT2D eigenvalue weighted by atomic mass is 19.4. The van der Waals surface area contributed by atoms with Crippen LogP contribution in [0.5, 0.6) is 5.75 Å². The number of hydrogen-bond acceptors (Lipinski definition) is 7. The lowest BCUT2D eigenvalue weighted by atomic mass is 10.1. The van der Waals surface area contributed by atoms with Gasteiger partial charge in [-0.1, -0.05) is 6.07 Å². The Labute approximate surface area is 199 Å². The Bertz CT molecular complexity index is 1300. The predicted octanol–water partition coefficient (Wildman–Crippen LogP) is 4.11. The number of benzene rings is 1. The van der Waals surface area contributed by atoms with Crippen LogP contribution in [0.4, 0.5) is 24.9 Å². The Morgan fingerprint density at radius 1 is 1.06 bits per heavy atom. The van der Waals surface area contributed by atoms with E-state index in [1.807, 2.05) is 18.2 Å². The summed E-state index contributed by atoms with van der Waals surface area (Å²) in [5.41, 5.74) is 3.79. The number of ether oxygens (including phenoxy) is 1. The van der Waals surface area contributed by atoms with Gasteiger partial charge in [0.15, 0.2) is 6.61 Å². The topological polar surface area (TPSA) is 91.0 Å². The average Bonchev–Trinajstić information content (AvgIpc) is 3.25. The number of nitrogens with zero attached hydrogens (tertiary/aromatic N) is 4. The second-order valence-electron chi connectivity index (χ2n) is 8.29. The zero-order valence-electron chi connectivity index (χ0n) is 18.8. The average molecular weight is 483 g/mol. The molecule has 1 aliphatic heterocycles. The highest BCUT2D eigenvalue weighted by Gasteiger charge is 2.29. The number of nitrogens with one attached hydrogen (secondary N) is 3. The van der Waals surface area contributed by atoms with Crippen molar-refractivity contribution < 1.29 is 17.9 Å². The molecule has 3 N–H and O–H groups in total. The molecule has 3 aromatic heterocycles. The van der Waals surface area contributed by atoms with E-state index < -0.39 is 12.8 Å². The number of fused-ring (bicyclic) bond motifs is 1. The van der Waals surface area contributed by atoms with Crippen LogP contribution in [0.25, 0.3) is 22.2 Å². The minimum atomic E-state index is -4.43. The Morgan fingerprint density at radius 2 is 1.91 bits per heavy atom. The van der Waals surface area contributed by atoms with E-state index in [0.29, 0.717) is 28.4 Å². The van der Waals surface area contributed by atoms with Crippen LogP contribution in [-0.4, -0.2) is 63.8 Å². The maximum Gasteiger partial charge on any atom is 0.422 e. The molecule has 1 fully saturated rings. The van der Waals surface area contributed by atoms with E-state index >= 15 is 0 Å². The van der Waals surface area contributed by atoms with E-state index in [-0.39, 0.29) is 5.75 Å². The van der Waals surface area contributed by atoms with Crippen molar-refractivity contribution in [3.05, 3.63) is 60.6 Å².